The van der Waals surface area contributed by atoms with E-state index >= 15 is 0 Å². The van der Waals surface area contributed by atoms with Crippen LogP contribution in [0.4, 0.5) is 0 Å². The fourth-order valence-corrected chi connectivity index (χ4v) is 2.74. The average Bonchev–Trinajstić information content (AvgIpc) is 2.23. The fraction of sp³-hybridized carbons (Fsp3) is 0.846. The second kappa shape index (κ2) is 4.69. The van der Waals surface area contributed by atoms with Crippen molar-refractivity contribution in [1.82, 2.24) is 0 Å². The van der Waals surface area contributed by atoms with Crippen molar-refractivity contribution in [2.75, 3.05) is 19.8 Å². The SMILES string of the molecule is CC1(C)OCC2(CO1)C/C(=C\CO)CC(O)C2. The van der Waals surface area contributed by atoms with Crippen LogP contribution in [0.25, 0.3) is 0 Å². The van der Waals surface area contributed by atoms with E-state index in [2.05, 4.69) is 0 Å². The molecule has 1 heterocycles. The molecule has 1 aliphatic carbocycles. The van der Waals surface area contributed by atoms with Gasteiger partial charge in [0.1, 0.15) is 0 Å². The molecular formula is C13H22O4. The first-order valence-corrected chi connectivity index (χ1v) is 6.19. The van der Waals surface area contributed by atoms with Crippen molar-refractivity contribution in [2.45, 2.75) is 45.0 Å². The van der Waals surface area contributed by atoms with E-state index in [9.17, 15) is 5.11 Å². The summed E-state index contributed by atoms with van der Waals surface area (Å²) in [4.78, 5) is 0. The van der Waals surface area contributed by atoms with E-state index in [-0.39, 0.29) is 18.1 Å². The van der Waals surface area contributed by atoms with Gasteiger partial charge in [-0.25, -0.2) is 0 Å². The third-order valence-electron chi connectivity index (χ3n) is 3.60. The molecule has 1 atom stereocenters. The summed E-state index contributed by atoms with van der Waals surface area (Å²) in [6.45, 7) is 5.07. The van der Waals surface area contributed by atoms with Gasteiger partial charge in [0.15, 0.2) is 5.79 Å². The number of rotatable bonds is 1. The summed E-state index contributed by atoms with van der Waals surface area (Å²) in [7, 11) is 0. The van der Waals surface area contributed by atoms with E-state index in [1.54, 1.807) is 6.08 Å². The summed E-state index contributed by atoms with van der Waals surface area (Å²) in [5, 5.41) is 18.9. The van der Waals surface area contributed by atoms with E-state index in [0.29, 0.717) is 26.1 Å². The van der Waals surface area contributed by atoms with Gasteiger partial charge >= 0.3 is 0 Å². The van der Waals surface area contributed by atoms with E-state index in [1.807, 2.05) is 13.8 Å². The largest absolute Gasteiger partial charge is 0.393 e. The standard InChI is InChI=1S/C13H22O4/c1-12(2)16-8-13(9-17-12)6-10(3-4-14)5-11(15)7-13/h3,11,14-15H,4-9H2,1-2H3/b10-3-. The fourth-order valence-electron chi connectivity index (χ4n) is 2.74. The lowest BCUT2D eigenvalue weighted by Gasteiger charge is -2.47. The molecule has 1 aliphatic heterocycles. The van der Waals surface area contributed by atoms with Gasteiger partial charge in [-0.15, -0.1) is 0 Å². The lowest BCUT2D eigenvalue weighted by atomic mass is 9.71. The molecule has 17 heavy (non-hydrogen) atoms. The molecule has 0 amide bonds. The normalized spacial score (nSPS) is 34.1. The molecule has 4 heteroatoms. The molecule has 4 nitrogen and oxygen atoms in total. The lowest BCUT2D eigenvalue weighted by Crippen LogP contribution is -2.49. The molecule has 2 fully saturated rings. The van der Waals surface area contributed by atoms with Crippen LogP contribution >= 0.6 is 0 Å². The predicted octanol–water partition coefficient (Wildman–Crippen LogP) is 1.22. The minimum absolute atomic E-state index is 0.0331. The van der Waals surface area contributed by atoms with Gasteiger partial charge in [-0.3, -0.25) is 0 Å². The van der Waals surface area contributed by atoms with Gasteiger partial charge in [-0.1, -0.05) is 11.6 Å². The average molecular weight is 242 g/mol. The Morgan fingerprint density at radius 1 is 1.35 bits per heavy atom. The van der Waals surface area contributed by atoms with E-state index in [1.165, 1.54) is 0 Å². The number of ether oxygens (including phenoxy) is 2. The highest BCUT2D eigenvalue weighted by atomic mass is 16.7. The maximum absolute atomic E-state index is 9.92. The van der Waals surface area contributed by atoms with E-state index < -0.39 is 5.79 Å². The van der Waals surface area contributed by atoms with Gasteiger partial charge in [0.25, 0.3) is 0 Å². The summed E-state index contributed by atoms with van der Waals surface area (Å²) in [5.74, 6) is -0.519. The Morgan fingerprint density at radius 3 is 2.59 bits per heavy atom. The van der Waals surface area contributed by atoms with Gasteiger partial charge in [0.2, 0.25) is 0 Å². The third-order valence-corrected chi connectivity index (χ3v) is 3.60. The summed E-state index contributed by atoms with van der Waals surface area (Å²) in [5.41, 5.74) is 0.993. The van der Waals surface area contributed by atoms with Crippen molar-refractivity contribution in [3.8, 4) is 0 Å². The van der Waals surface area contributed by atoms with Gasteiger partial charge in [-0.2, -0.15) is 0 Å². The van der Waals surface area contributed by atoms with Crippen molar-refractivity contribution in [2.24, 2.45) is 5.41 Å². The smallest absolute Gasteiger partial charge is 0.162 e. The van der Waals surface area contributed by atoms with Gasteiger partial charge < -0.3 is 19.7 Å². The Morgan fingerprint density at radius 2 is 2.00 bits per heavy atom. The van der Waals surface area contributed by atoms with Gasteiger partial charge in [0.05, 0.1) is 25.9 Å². The van der Waals surface area contributed by atoms with Crippen molar-refractivity contribution in [3.63, 3.8) is 0 Å². The molecule has 2 aliphatic rings. The first kappa shape index (κ1) is 13.0. The Labute approximate surface area is 102 Å². The predicted molar refractivity (Wildman–Crippen MR) is 63.4 cm³/mol. The quantitative estimate of drug-likeness (QED) is 0.679. The highest BCUT2D eigenvalue weighted by Gasteiger charge is 2.44. The number of hydrogen-bond donors (Lipinski definition) is 2. The van der Waals surface area contributed by atoms with Crippen LogP contribution in [0.15, 0.2) is 11.6 Å². The minimum Gasteiger partial charge on any atom is -0.393 e. The van der Waals surface area contributed by atoms with E-state index in [4.69, 9.17) is 14.6 Å². The second-order valence-electron chi connectivity index (χ2n) is 5.76. The number of aliphatic hydroxyl groups excluding tert-OH is 2. The Bertz CT molecular complexity index is 299. The van der Waals surface area contributed by atoms with Crippen LogP contribution in [0.3, 0.4) is 0 Å². The molecule has 0 aromatic rings. The summed E-state index contributed by atoms with van der Waals surface area (Å²) < 4.78 is 11.4. The van der Waals surface area contributed by atoms with Crippen molar-refractivity contribution in [3.05, 3.63) is 11.6 Å². The highest BCUT2D eigenvalue weighted by molar-refractivity contribution is 5.12. The van der Waals surface area contributed by atoms with Crippen LogP contribution in [-0.4, -0.2) is 41.9 Å². The third kappa shape index (κ3) is 3.07. The molecule has 98 valence electrons. The minimum atomic E-state index is -0.519. The zero-order valence-corrected chi connectivity index (χ0v) is 10.6. The lowest BCUT2D eigenvalue weighted by molar-refractivity contribution is -0.290. The summed E-state index contributed by atoms with van der Waals surface area (Å²) >= 11 is 0. The van der Waals surface area contributed by atoms with Gasteiger partial charge in [0, 0.05) is 5.41 Å². The van der Waals surface area contributed by atoms with Gasteiger partial charge in [-0.05, 0) is 33.1 Å². The topological polar surface area (TPSA) is 58.9 Å². The maximum atomic E-state index is 9.92. The van der Waals surface area contributed by atoms with Crippen LogP contribution in [-0.2, 0) is 9.47 Å². The molecule has 1 saturated heterocycles. The Hall–Kier alpha value is -0.420. The first-order chi connectivity index (χ1) is 7.95. The monoisotopic (exact) mass is 242 g/mol. The molecule has 0 bridgehead atoms. The molecule has 2 N–H and O–H groups in total. The Balaban J connectivity index is 2.07. The van der Waals surface area contributed by atoms with Crippen molar-refractivity contribution in [1.29, 1.82) is 0 Å². The zero-order chi connectivity index (χ0) is 12.5. The molecule has 1 spiro atoms. The van der Waals surface area contributed by atoms with Crippen LogP contribution in [0, 0.1) is 5.41 Å². The molecular weight excluding hydrogens is 220 g/mol. The molecule has 1 unspecified atom stereocenters. The molecule has 0 aromatic carbocycles. The maximum Gasteiger partial charge on any atom is 0.162 e. The number of aliphatic hydroxyl groups is 2. The van der Waals surface area contributed by atoms with Crippen molar-refractivity contribution >= 4 is 0 Å². The summed E-state index contributed by atoms with van der Waals surface area (Å²) in [6, 6.07) is 0. The van der Waals surface area contributed by atoms with Crippen LogP contribution < -0.4 is 0 Å². The van der Waals surface area contributed by atoms with Crippen LogP contribution in [0.1, 0.15) is 33.1 Å². The zero-order valence-electron chi connectivity index (χ0n) is 10.6. The first-order valence-electron chi connectivity index (χ1n) is 6.19. The molecule has 0 aromatic heterocycles. The number of hydrogen-bond acceptors (Lipinski definition) is 4. The Kier molecular flexibility index (Phi) is 3.59. The van der Waals surface area contributed by atoms with Crippen LogP contribution in [0.2, 0.25) is 0 Å². The molecule has 2 rings (SSSR count). The summed E-state index contributed by atoms with van der Waals surface area (Å²) in [6.07, 6.45) is 3.66. The van der Waals surface area contributed by atoms with E-state index in [0.717, 1.165) is 12.0 Å². The van der Waals surface area contributed by atoms with Crippen molar-refractivity contribution < 1.29 is 19.7 Å². The molecule has 1 saturated carbocycles. The molecule has 0 radical (unpaired) electrons. The second-order valence-corrected chi connectivity index (χ2v) is 5.76. The highest BCUT2D eigenvalue weighted by Crippen LogP contribution is 2.43. The van der Waals surface area contributed by atoms with Crippen LogP contribution in [0.5, 0.6) is 0 Å².